The lowest BCUT2D eigenvalue weighted by atomic mass is 10.3. The Morgan fingerprint density at radius 2 is 2.19 bits per heavy atom. The molecular formula is C19H19ClN2O4S. The van der Waals surface area contributed by atoms with Gasteiger partial charge in [0, 0.05) is 31.4 Å². The predicted molar refractivity (Wildman–Crippen MR) is 106 cm³/mol. The summed E-state index contributed by atoms with van der Waals surface area (Å²) in [6.07, 6.45) is 2.34. The summed E-state index contributed by atoms with van der Waals surface area (Å²) >= 11 is 11.2. The SMILES string of the molecule is COCCCN1C(=O)/C(=C\c2ccc(COc3cccc(Cl)c3)o2)NC1=S. The van der Waals surface area contributed by atoms with Gasteiger partial charge in [0.1, 0.15) is 29.6 Å². The maximum absolute atomic E-state index is 12.5. The van der Waals surface area contributed by atoms with Crippen molar-refractivity contribution < 1.29 is 18.7 Å². The molecule has 1 N–H and O–H groups in total. The van der Waals surface area contributed by atoms with Gasteiger partial charge in [-0.15, -0.1) is 0 Å². The van der Waals surface area contributed by atoms with E-state index in [2.05, 4.69) is 5.32 Å². The summed E-state index contributed by atoms with van der Waals surface area (Å²) in [4.78, 5) is 14.0. The lowest BCUT2D eigenvalue weighted by Crippen LogP contribution is -2.32. The van der Waals surface area contributed by atoms with Crippen molar-refractivity contribution in [2.24, 2.45) is 0 Å². The number of furan rings is 1. The van der Waals surface area contributed by atoms with Gasteiger partial charge in [0.15, 0.2) is 5.11 Å². The van der Waals surface area contributed by atoms with E-state index in [0.717, 1.165) is 0 Å². The third kappa shape index (κ3) is 5.09. The number of benzene rings is 1. The number of ether oxygens (including phenoxy) is 2. The summed E-state index contributed by atoms with van der Waals surface area (Å²) in [5, 5.41) is 3.92. The third-order valence-corrected chi connectivity index (χ3v) is 4.40. The van der Waals surface area contributed by atoms with E-state index in [1.807, 2.05) is 12.1 Å². The normalized spacial score (nSPS) is 15.5. The predicted octanol–water partition coefficient (Wildman–Crippen LogP) is 3.61. The van der Waals surface area contributed by atoms with Crippen LogP contribution in [0.5, 0.6) is 5.75 Å². The molecule has 27 heavy (non-hydrogen) atoms. The molecule has 0 atom stereocenters. The number of thiocarbonyl (C=S) groups is 1. The molecule has 2 aromatic rings. The van der Waals surface area contributed by atoms with Crippen LogP contribution in [0.2, 0.25) is 5.02 Å². The lowest BCUT2D eigenvalue weighted by Gasteiger charge is -2.12. The Kier molecular flexibility index (Phi) is 6.49. The second-order valence-corrected chi connectivity index (χ2v) is 6.66. The summed E-state index contributed by atoms with van der Waals surface area (Å²) in [5.74, 6) is 1.65. The average Bonchev–Trinajstić information content (AvgIpc) is 3.20. The number of nitrogens with one attached hydrogen (secondary N) is 1. The van der Waals surface area contributed by atoms with E-state index in [4.69, 9.17) is 37.7 Å². The molecule has 3 rings (SSSR count). The molecule has 0 aliphatic carbocycles. The van der Waals surface area contributed by atoms with Gasteiger partial charge in [0.2, 0.25) is 0 Å². The fourth-order valence-electron chi connectivity index (χ4n) is 2.54. The zero-order chi connectivity index (χ0) is 19.2. The summed E-state index contributed by atoms with van der Waals surface area (Å²) in [7, 11) is 1.62. The Balaban J connectivity index is 1.61. The number of halogens is 1. The van der Waals surface area contributed by atoms with Crippen LogP contribution < -0.4 is 10.1 Å². The summed E-state index contributed by atoms with van der Waals surface area (Å²) in [6.45, 7) is 1.33. The maximum atomic E-state index is 12.5. The van der Waals surface area contributed by atoms with Gasteiger partial charge < -0.3 is 19.2 Å². The zero-order valence-corrected chi connectivity index (χ0v) is 16.3. The van der Waals surface area contributed by atoms with Crippen molar-refractivity contribution in [3.63, 3.8) is 0 Å². The largest absolute Gasteiger partial charge is 0.486 e. The van der Waals surface area contributed by atoms with Crippen molar-refractivity contribution in [1.29, 1.82) is 0 Å². The molecule has 0 unspecified atom stereocenters. The molecule has 0 radical (unpaired) electrons. The first-order valence-electron chi connectivity index (χ1n) is 8.37. The van der Waals surface area contributed by atoms with Crippen LogP contribution in [0.25, 0.3) is 6.08 Å². The number of rotatable bonds is 8. The average molecular weight is 407 g/mol. The number of hydrogen-bond acceptors (Lipinski definition) is 5. The summed E-state index contributed by atoms with van der Waals surface area (Å²) < 4.78 is 16.4. The quantitative estimate of drug-likeness (QED) is 0.410. The van der Waals surface area contributed by atoms with Crippen LogP contribution in [-0.4, -0.2) is 36.2 Å². The Bertz CT molecular complexity index is 865. The van der Waals surface area contributed by atoms with E-state index in [9.17, 15) is 4.79 Å². The van der Waals surface area contributed by atoms with Crippen LogP contribution in [0.4, 0.5) is 0 Å². The van der Waals surface area contributed by atoms with Crippen molar-refractivity contribution in [2.45, 2.75) is 13.0 Å². The third-order valence-electron chi connectivity index (χ3n) is 3.84. The van der Waals surface area contributed by atoms with Crippen LogP contribution >= 0.6 is 23.8 Å². The van der Waals surface area contributed by atoms with E-state index in [0.29, 0.717) is 52.7 Å². The number of hydrogen-bond donors (Lipinski definition) is 1. The number of carbonyl (C=O) groups excluding carboxylic acids is 1. The van der Waals surface area contributed by atoms with Crippen molar-refractivity contribution in [3.05, 3.63) is 58.6 Å². The van der Waals surface area contributed by atoms with Gasteiger partial charge >= 0.3 is 0 Å². The van der Waals surface area contributed by atoms with Crippen molar-refractivity contribution in [3.8, 4) is 5.75 Å². The number of amides is 1. The molecule has 0 saturated carbocycles. The second kappa shape index (κ2) is 9.03. The standard InChI is InChI=1S/C19H19ClN2O4S/c1-24-9-3-8-22-18(23)17(21-19(22)27)11-15-6-7-16(26-15)12-25-14-5-2-4-13(20)10-14/h2,4-7,10-11H,3,8-9,12H2,1H3,(H,21,27)/b17-11+. The fraction of sp³-hybridized carbons (Fsp3) is 0.263. The molecule has 8 heteroatoms. The molecule has 1 aliphatic heterocycles. The van der Waals surface area contributed by atoms with Crippen LogP contribution in [0.15, 0.2) is 46.5 Å². The van der Waals surface area contributed by atoms with Gasteiger partial charge in [0.05, 0.1) is 0 Å². The topological polar surface area (TPSA) is 63.9 Å². The van der Waals surface area contributed by atoms with Gasteiger partial charge in [-0.2, -0.15) is 0 Å². The molecule has 0 bridgehead atoms. The van der Waals surface area contributed by atoms with Gasteiger partial charge in [-0.25, -0.2) is 0 Å². The Morgan fingerprint density at radius 3 is 2.96 bits per heavy atom. The number of nitrogens with zero attached hydrogens (tertiary/aromatic N) is 1. The molecule has 142 valence electrons. The van der Waals surface area contributed by atoms with E-state index >= 15 is 0 Å². The smallest absolute Gasteiger partial charge is 0.276 e. The molecule has 1 aromatic heterocycles. The van der Waals surface area contributed by atoms with Gasteiger partial charge in [0.25, 0.3) is 5.91 Å². The lowest BCUT2D eigenvalue weighted by molar-refractivity contribution is -0.122. The highest BCUT2D eigenvalue weighted by Crippen LogP contribution is 2.20. The maximum Gasteiger partial charge on any atom is 0.276 e. The molecule has 1 aliphatic rings. The molecule has 6 nitrogen and oxygen atoms in total. The van der Waals surface area contributed by atoms with Crippen LogP contribution in [-0.2, 0) is 16.1 Å². The summed E-state index contributed by atoms with van der Waals surface area (Å²) in [5.41, 5.74) is 0.383. The molecule has 1 saturated heterocycles. The Labute approximate surface area is 167 Å². The van der Waals surface area contributed by atoms with Crippen LogP contribution in [0.1, 0.15) is 17.9 Å². The van der Waals surface area contributed by atoms with Gasteiger partial charge in [-0.3, -0.25) is 9.69 Å². The molecule has 1 aromatic carbocycles. The number of carbonyl (C=O) groups is 1. The minimum absolute atomic E-state index is 0.177. The Hall–Kier alpha value is -2.35. The minimum Gasteiger partial charge on any atom is -0.486 e. The van der Waals surface area contributed by atoms with E-state index in [1.54, 1.807) is 37.5 Å². The monoisotopic (exact) mass is 406 g/mol. The molecule has 1 amide bonds. The minimum atomic E-state index is -0.177. The first-order chi connectivity index (χ1) is 13.1. The van der Waals surface area contributed by atoms with Crippen LogP contribution in [0, 0.1) is 0 Å². The highest BCUT2D eigenvalue weighted by atomic mass is 35.5. The highest BCUT2D eigenvalue weighted by Gasteiger charge is 2.30. The summed E-state index contributed by atoms with van der Waals surface area (Å²) in [6, 6.07) is 10.7. The first kappa shape index (κ1) is 19.4. The molecular weight excluding hydrogens is 388 g/mol. The van der Waals surface area contributed by atoms with Gasteiger partial charge in [-0.05, 0) is 49.0 Å². The van der Waals surface area contributed by atoms with Crippen molar-refractivity contribution in [2.75, 3.05) is 20.3 Å². The molecule has 1 fully saturated rings. The first-order valence-corrected chi connectivity index (χ1v) is 9.16. The van der Waals surface area contributed by atoms with Crippen molar-refractivity contribution in [1.82, 2.24) is 10.2 Å². The van der Waals surface area contributed by atoms with Gasteiger partial charge in [-0.1, -0.05) is 17.7 Å². The zero-order valence-electron chi connectivity index (χ0n) is 14.7. The molecule has 2 heterocycles. The van der Waals surface area contributed by atoms with Crippen LogP contribution in [0.3, 0.4) is 0 Å². The van der Waals surface area contributed by atoms with E-state index in [-0.39, 0.29) is 12.5 Å². The van der Waals surface area contributed by atoms with Crippen molar-refractivity contribution >= 4 is 40.9 Å². The van der Waals surface area contributed by atoms with E-state index in [1.165, 1.54) is 4.90 Å². The molecule has 0 spiro atoms. The van der Waals surface area contributed by atoms with E-state index < -0.39 is 0 Å². The highest BCUT2D eigenvalue weighted by molar-refractivity contribution is 7.80. The fourth-order valence-corrected chi connectivity index (χ4v) is 3.01. The number of methoxy groups -OCH3 is 1. The second-order valence-electron chi connectivity index (χ2n) is 5.84. The Morgan fingerprint density at radius 1 is 1.33 bits per heavy atom.